The Hall–Kier alpha value is -3.37. The molecule has 3 aromatic carbocycles. The summed E-state index contributed by atoms with van der Waals surface area (Å²) in [7, 11) is -4.03. The van der Waals surface area contributed by atoms with E-state index >= 15 is 0 Å². The molecule has 1 aliphatic heterocycles. The zero-order chi connectivity index (χ0) is 23.8. The SMILES string of the molecule is CCc1ccc(NC(=O)c2ccc(C3Nc4cc(C(F)(F)F)ccc4S(=O)(=O)N3)cc2)cc1. The van der Waals surface area contributed by atoms with Crippen molar-refractivity contribution in [2.45, 2.75) is 30.6 Å². The van der Waals surface area contributed by atoms with Crippen molar-refractivity contribution in [2.24, 2.45) is 0 Å². The summed E-state index contributed by atoms with van der Waals surface area (Å²) in [5.74, 6) is -0.344. The number of halogens is 3. The second-order valence-electron chi connectivity index (χ2n) is 7.53. The van der Waals surface area contributed by atoms with Crippen LogP contribution in [0, 0.1) is 0 Å². The van der Waals surface area contributed by atoms with Crippen LogP contribution in [0.5, 0.6) is 0 Å². The molecule has 1 unspecified atom stereocenters. The molecular weight excluding hydrogens is 455 g/mol. The predicted octanol–water partition coefficient (Wildman–Crippen LogP) is 4.92. The number of nitrogens with one attached hydrogen (secondary N) is 3. The number of benzene rings is 3. The van der Waals surface area contributed by atoms with Gasteiger partial charge in [-0.2, -0.15) is 17.9 Å². The van der Waals surface area contributed by atoms with Gasteiger partial charge in [-0.3, -0.25) is 4.79 Å². The fraction of sp³-hybridized carbons (Fsp3) is 0.174. The Bertz CT molecular complexity index is 1290. The first kappa shape index (κ1) is 22.8. The van der Waals surface area contributed by atoms with Crippen molar-refractivity contribution in [3.63, 3.8) is 0 Å². The minimum absolute atomic E-state index is 0.147. The molecule has 0 spiro atoms. The van der Waals surface area contributed by atoms with Crippen molar-refractivity contribution in [1.29, 1.82) is 0 Å². The van der Waals surface area contributed by atoms with Gasteiger partial charge in [0.1, 0.15) is 11.1 Å². The summed E-state index contributed by atoms with van der Waals surface area (Å²) in [5, 5.41) is 5.57. The molecule has 1 amide bonds. The summed E-state index contributed by atoms with van der Waals surface area (Å²) in [6.45, 7) is 2.03. The number of hydrogen-bond acceptors (Lipinski definition) is 4. The number of aryl methyl sites for hydroxylation is 1. The van der Waals surface area contributed by atoms with Crippen LogP contribution in [0.25, 0.3) is 0 Å². The molecule has 0 aliphatic carbocycles. The monoisotopic (exact) mass is 475 g/mol. The molecule has 6 nitrogen and oxygen atoms in total. The molecule has 0 bridgehead atoms. The summed E-state index contributed by atoms with van der Waals surface area (Å²) >= 11 is 0. The smallest absolute Gasteiger partial charge is 0.364 e. The first-order valence-electron chi connectivity index (χ1n) is 10.1. The Morgan fingerprint density at radius 2 is 1.67 bits per heavy atom. The Morgan fingerprint density at radius 1 is 1.00 bits per heavy atom. The molecule has 1 heterocycles. The summed E-state index contributed by atoms with van der Waals surface area (Å²) in [6.07, 6.45) is -4.71. The van der Waals surface area contributed by atoms with Crippen LogP contribution >= 0.6 is 0 Å². The van der Waals surface area contributed by atoms with Gasteiger partial charge >= 0.3 is 6.18 Å². The van der Waals surface area contributed by atoms with Gasteiger partial charge in [-0.05, 0) is 60.0 Å². The van der Waals surface area contributed by atoms with Crippen LogP contribution in [0.4, 0.5) is 24.5 Å². The lowest BCUT2D eigenvalue weighted by atomic mass is 10.1. The number of hydrogen-bond donors (Lipinski definition) is 3. The average Bonchev–Trinajstić information content (AvgIpc) is 2.78. The maximum Gasteiger partial charge on any atom is 0.416 e. The van der Waals surface area contributed by atoms with Gasteiger partial charge in [-0.1, -0.05) is 31.2 Å². The van der Waals surface area contributed by atoms with Crippen molar-refractivity contribution in [1.82, 2.24) is 4.72 Å². The number of anilines is 2. The van der Waals surface area contributed by atoms with E-state index in [9.17, 15) is 26.4 Å². The molecular formula is C23H20F3N3O3S. The van der Waals surface area contributed by atoms with Gasteiger partial charge in [0.2, 0.25) is 10.0 Å². The van der Waals surface area contributed by atoms with Crippen LogP contribution in [-0.4, -0.2) is 14.3 Å². The van der Waals surface area contributed by atoms with Crippen LogP contribution in [0.15, 0.2) is 71.6 Å². The summed E-state index contributed by atoms with van der Waals surface area (Å²) in [4.78, 5) is 12.2. The number of fused-ring (bicyclic) bond motifs is 1. The summed E-state index contributed by atoms with van der Waals surface area (Å²) in [6, 6.07) is 16.0. The Kier molecular flexibility index (Phi) is 5.89. The molecule has 0 fully saturated rings. The predicted molar refractivity (Wildman–Crippen MR) is 118 cm³/mol. The zero-order valence-corrected chi connectivity index (χ0v) is 18.2. The van der Waals surface area contributed by atoms with Crippen LogP contribution in [0.2, 0.25) is 0 Å². The maximum atomic E-state index is 13.1. The van der Waals surface area contributed by atoms with Crippen molar-refractivity contribution >= 4 is 27.3 Å². The second-order valence-corrected chi connectivity index (χ2v) is 9.22. The number of rotatable bonds is 4. The van der Waals surface area contributed by atoms with E-state index in [0.29, 0.717) is 16.8 Å². The number of carbonyl (C=O) groups excluding carboxylic acids is 1. The zero-order valence-electron chi connectivity index (χ0n) is 17.4. The fourth-order valence-electron chi connectivity index (χ4n) is 3.46. The fourth-order valence-corrected chi connectivity index (χ4v) is 4.75. The average molecular weight is 475 g/mol. The molecule has 0 aromatic heterocycles. The highest BCUT2D eigenvalue weighted by Gasteiger charge is 2.35. The molecule has 3 aromatic rings. The van der Waals surface area contributed by atoms with Crippen molar-refractivity contribution in [2.75, 3.05) is 10.6 Å². The molecule has 1 atom stereocenters. The topological polar surface area (TPSA) is 87.3 Å². The normalized spacial score (nSPS) is 17.0. The van der Waals surface area contributed by atoms with Crippen LogP contribution in [0.3, 0.4) is 0 Å². The molecule has 0 radical (unpaired) electrons. The van der Waals surface area contributed by atoms with Crippen LogP contribution in [0.1, 0.15) is 40.1 Å². The summed E-state index contributed by atoms with van der Waals surface area (Å²) < 4.78 is 66.7. The maximum absolute atomic E-state index is 13.1. The van der Waals surface area contributed by atoms with Crippen LogP contribution in [-0.2, 0) is 22.6 Å². The third-order valence-corrected chi connectivity index (χ3v) is 6.78. The minimum atomic E-state index is -4.60. The van der Waals surface area contributed by atoms with E-state index in [0.717, 1.165) is 30.2 Å². The number of alkyl halides is 3. The quantitative estimate of drug-likeness (QED) is 0.500. The van der Waals surface area contributed by atoms with Gasteiger partial charge in [0.15, 0.2) is 0 Å². The Balaban J connectivity index is 1.53. The van der Waals surface area contributed by atoms with Gasteiger partial charge < -0.3 is 10.6 Å². The minimum Gasteiger partial charge on any atom is -0.364 e. The largest absolute Gasteiger partial charge is 0.416 e. The first-order chi connectivity index (χ1) is 15.6. The summed E-state index contributed by atoms with van der Waals surface area (Å²) in [5.41, 5.74) is 1.46. The Labute approximate surface area is 188 Å². The highest BCUT2D eigenvalue weighted by Crippen LogP contribution is 2.37. The Morgan fingerprint density at radius 3 is 2.27 bits per heavy atom. The van der Waals surface area contributed by atoms with Gasteiger partial charge in [0, 0.05) is 11.3 Å². The highest BCUT2D eigenvalue weighted by atomic mass is 32.2. The third-order valence-electron chi connectivity index (χ3n) is 5.30. The molecule has 172 valence electrons. The van der Waals surface area contributed by atoms with E-state index in [1.54, 1.807) is 12.1 Å². The van der Waals surface area contributed by atoms with Gasteiger partial charge in [-0.25, -0.2) is 8.42 Å². The standard InChI is InChI=1S/C23H20F3N3O3S/c1-2-14-3-10-18(11-4-14)27-22(30)16-7-5-15(6-8-16)21-28-19-13-17(23(24,25)26)9-12-20(19)33(31,32)29-21/h3-13,21,28-29H,2H2,1H3,(H,27,30). The number of sulfonamides is 1. The van der Waals surface area contributed by atoms with Crippen molar-refractivity contribution in [3.8, 4) is 0 Å². The van der Waals surface area contributed by atoms with E-state index in [1.807, 2.05) is 19.1 Å². The molecule has 33 heavy (non-hydrogen) atoms. The molecule has 1 aliphatic rings. The number of amides is 1. The van der Waals surface area contributed by atoms with Gasteiger partial charge in [0.05, 0.1) is 11.3 Å². The van der Waals surface area contributed by atoms with E-state index in [1.165, 1.54) is 24.3 Å². The molecule has 10 heteroatoms. The van der Waals surface area contributed by atoms with Gasteiger partial charge in [0.25, 0.3) is 5.91 Å². The van der Waals surface area contributed by atoms with E-state index in [4.69, 9.17) is 0 Å². The lowest BCUT2D eigenvalue weighted by Crippen LogP contribution is -2.38. The van der Waals surface area contributed by atoms with E-state index in [-0.39, 0.29) is 16.5 Å². The molecule has 0 saturated heterocycles. The molecule has 4 rings (SSSR count). The lowest BCUT2D eigenvalue weighted by Gasteiger charge is -2.29. The number of carbonyl (C=O) groups is 1. The first-order valence-corrected chi connectivity index (χ1v) is 11.6. The second kappa shape index (κ2) is 8.53. The van der Waals surface area contributed by atoms with E-state index in [2.05, 4.69) is 15.4 Å². The van der Waals surface area contributed by atoms with E-state index < -0.39 is 27.9 Å². The third kappa shape index (κ3) is 4.86. The van der Waals surface area contributed by atoms with Crippen molar-refractivity contribution in [3.05, 3.63) is 89.0 Å². The highest BCUT2D eigenvalue weighted by molar-refractivity contribution is 7.89. The van der Waals surface area contributed by atoms with Gasteiger partial charge in [-0.15, -0.1) is 0 Å². The van der Waals surface area contributed by atoms with Crippen molar-refractivity contribution < 1.29 is 26.4 Å². The lowest BCUT2D eigenvalue weighted by molar-refractivity contribution is -0.137. The molecule has 3 N–H and O–H groups in total. The molecule has 0 saturated carbocycles. The van der Waals surface area contributed by atoms with Crippen LogP contribution < -0.4 is 15.4 Å².